The van der Waals surface area contributed by atoms with Crippen LogP contribution in [0.3, 0.4) is 0 Å². The van der Waals surface area contributed by atoms with Gasteiger partial charge in [-0.3, -0.25) is 0 Å². The van der Waals surface area contributed by atoms with Gasteiger partial charge in [0.1, 0.15) is 0 Å². The highest BCUT2D eigenvalue weighted by Crippen LogP contribution is 2.18. The maximum absolute atomic E-state index is 2.41. The minimum Gasteiger partial charge on any atom is -0.0811 e. The molecule has 0 radical (unpaired) electrons. The normalized spacial score (nSPS) is 13.4. The van der Waals surface area contributed by atoms with E-state index < -0.39 is 0 Å². The third-order valence-corrected chi connectivity index (χ3v) is 4.70. The maximum Gasteiger partial charge on any atom is -0.0230 e. The molecule has 0 saturated carbocycles. The molecule has 0 nitrogen and oxygen atoms in total. The smallest absolute Gasteiger partial charge is 0.0230 e. The van der Waals surface area contributed by atoms with Gasteiger partial charge in [0.15, 0.2) is 0 Å². The molecule has 1 aromatic carbocycles. The number of allylic oxidation sites excluding steroid dienone is 2. The van der Waals surface area contributed by atoms with E-state index >= 15 is 0 Å². The molecule has 0 aliphatic carbocycles. The minimum atomic E-state index is 0.681. The van der Waals surface area contributed by atoms with Crippen LogP contribution in [0.1, 0.15) is 90.2 Å². The third kappa shape index (κ3) is 9.11. The Hall–Kier alpha value is -1.30. The first-order valence-electron chi connectivity index (χ1n) is 10.2. The lowest BCUT2D eigenvalue weighted by Crippen LogP contribution is -1.94. The second-order valence-electron chi connectivity index (χ2n) is 7.20. The van der Waals surface area contributed by atoms with Crippen LogP contribution < -0.4 is 0 Å². The zero-order valence-electron chi connectivity index (χ0n) is 16.4. The molecule has 134 valence electrons. The van der Waals surface area contributed by atoms with Crippen molar-refractivity contribution in [1.29, 1.82) is 0 Å². The van der Waals surface area contributed by atoms with Crippen LogP contribution in [0, 0.1) is 11.8 Å². The predicted octanol–water partition coefficient (Wildman–Crippen LogP) is 8.15. The average molecular weight is 327 g/mol. The Bertz CT molecular complexity index is 457. The van der Waals surface area contributed by atoms with Crippen LogP contribution in [0.25, 0.3) is 12.2 Å². The van der Waals surface area contributed by atoms with Gasteiger partial charge in [0.2, 0.25) is 0 Å². The second-order valence-corrected chi connectivity index (χ2v) is 7.20. The summed E-state index contributed by atoms with van der Waals surface area (Å²) in [6.07, 6.45) is 19.8. The summed E-state index contributed by atoms with van der Waals surface area (Å²) in [4.78, 5) is 0. The van der Waals surface area contributed by atoms with Crippen LogP contribution in [-0.4, -0.2) is 0 Å². The summed E-state index contributed by atoms with van der Waals surface area (Å²) in [6, 6.07) is 8.97. The number of hydrogen-bond acceptors (Lipinski definition) is 0. The Kier molecular flexibility index (Phi) is 11.3. The lowest BCUT2D eigenvalue weighted by molar-refractivity contribution is 0.531. The highest BCUT2D eigenvalue weighted by Gasteiger charge is 2.01. The molecule has 0 heterocycles. The number of hydrogen-bond donors (Lipinski definition) is 0. The zero-order chi connectivity index (χ0) is 17.6. The van der Waals surface area contributed by atoms with Crippen molar-refractivity contribution in [2.24, 2.45) is 11.8 Å². The van der Waals surface area contributed by atoms with E-state index in [0.717, 1.165) is 5.92 Å². The molecule has 1 rings (SSSR count). The van der Waals surface area contributed by atoms with Gasteiger partial charge >= 0.3 is 0 Å². The predicted molar refractivity (Wildman–Crippen MR) is 111 cm³/mol. The highest BCUT2D eigenvalue weighted by molar-refractivity contribution is 5.56. The van der Waals surface area contributed by atoms with E-state index in [-0.39, 0.29) is 0 Å². The molecule has 0 spiro atoms. The van der Waals surface area contributed by atoms with E-state index in [9.17, 15) is 0 Å². The molecule has 0 bridgehead atoms. The van der Waals surface area contributed by atoms with Crippen LogP contribution in [0.4, 0.5) is 0 Å². The molecule has 1 unspecified atom stereocenters. The van der Waals surface area contributed by atoms with E-state index in [0.29, 0.717) is 5.92 Å². The number of rotatable bonds is 12. The molecule has 0 fully saturated rings. The van der Waals surface area contributed by atoms with Crippen molar-refractivity contribution in [2.75, 3.05) is 0 Å². The molecule has 0 heteroatoms. The number of benzene rings is 1. The lowest BCUT2D eigenvalue weighted by atomic mass is 9.97. The van der Waals surface area contributed by atoms with Crippen LogP contribution in [0.15, 0.2) is 36.4 Å². The number of unbranched alkanes of at least 4 members (excludes halogenated alkanes) is 2. The summed E-state index contributed by atoms with van der Waals surface area (Å²) < 4.78 is 0. The second kappa shape index (κ2) is 13.0. The van der Waals surface area contributed by atoms with E-state index in [1.165, 1.54) is 62.5 Å². The van der Waals surface area contributed by atoms with Crippen LogP contribution >= 0.6 is 0 Å². The Balaban J connectivity index is 2.52. The summed E-state index contributed by atoms with van der Waals surface area (Å²) in [5.41, 5.74) is 2.63. The van der Waals surface area contributed by atoms with Gasteiger partial charge in [0.25, 0.3) is 0 Å². The molecular formula is C24H38. The summed E-state index contributed by atoms with van der Waals surface area (Å²) in [5, 5.41) is 0. The quantitative estimate of drug-likeness (QED) is 0.340. The monoisotopic (exact) mass is 326 g/mol. The molecule has 24 heavy (non-hydrogen) atoms. The van der Waals surface area contributed by atoms with Crippen molar-refractivity contribution >= 4 is 12.2 Å². The first-order chi connectivity index (χ1) is 11.7. The molecule has 0 aromatic heterocycles. The van der Waals surface area contributed by atoms with Gasteiger partial charge in [-0.15, -0.1) is 0 Å². The van der Waals surface area contributed by atoms with E-state index in [2.05, 4.69) is 76.3 Å². The fourth-order valence-electron chi connectivity index (χ4n) is 3.13. The zero-order valence-corrected chi connectivity index (χ0v) is 16.4. The van der Waals surface area contributed by atoms with Gasteiger partial charge in [0.05, 0.1) is 0 Å². The Labute approximate surface area is 151 Å². The van der Waals surface area contributed by atoms with Crippen LogP contribution in [-0.2, 0) is 0 Å². The van der Waals surface area contributed by atoms with Gasteiger partial charge in [-0.2, -0.15) is 0 Å². The van der Waals surface area contributed by atoms with Crippen molar-refractivity contribution in [3.05, 3.63) is 47.5 Å². The standard InChI is InChI=1S/C24H38/c1-5-8-9-12-21(4)13-14-23-17-19-24(20-18-23)16-15-22(10-6-2)11-7-3/h13-22H,5-12H2,1-4H3/b14-13+,16-15+. The van der Waals surface area contributed by atoms with Crippen molar-refractivity contribution in [1.82, 2.24) is 0 Å². The van der Waals surface area contributed by atoms with Gasteiger partial charge < -0.3 is 0 Å². The molecule has 1 aromatic rings. The molecule has 1 atom stereocenters. The van der Waals surface area contributed by atoms with Gasteiger partial charge in [-0.25, -0.2) is 0 Å². The summed E-state index contributed by atoms with van der Waals surface area (Å²) in [6.45, 7) is 9.15. The topological polar surface area (TPSA) is 0 Å². The first-order valence-corrected chi connectivity index (χ1v) is 10.2. The summed E-state index contributed by atoms with van der Waals surface area (Å²) in [5.74, 6) is 1.42. The molecular weight excluding hydrogens is 288 g/mol. The Morgan fingerprint density at radius 2 is 1.25 bits per heavy atom. The Morgan fingerprint density at radius 3 is 1.75 bits per heavy atom. The van der Waals surface area contributed by atoms with Gasteiger partial charge in [-0.1, -0.05) is 108 Å². The summed E-state index contributed by atoms with van der Waals surface area (Å²) >= 11 is 0. The van der Waals surface area contributed by atoms with Crippen molar-refractivity contribution in [2.45, 2.75) is 79.1 Å². The highest BCUT2D eigenvalue weighted by atomic mass is 14.1. The van der Waals surface area contributed by atoms with Crippen LogP contribution in [0.5, 0.6) is 0 Å². The van der Waals surface area contributed by atoms with E-state index in [1.54, 1.807) is 0 Å². The molecule has 0 aliphatic rings. The van der Waals surface area contributed by atoms with E-state index in [1.807, 2.05) is 0 Å². The fourth-order valence-corrected chi connectivity index (χ4v) is 3.13. The SMILES string of the molecule is CCCCCC(C)/C=C/c1ccc(/C=C/C(CCC)CCC)cc1. The van der Waals surface area contributed by atoms with Gasteiger partial charge in [0, 0.05) is 0 Å². The minimum absolute atomic E-state index is 0.681. The van der Waals surface area contributed by atoms with Crippen LogP contribution in [0.2, 0.25) is 0 Å². The van der Waals surface area contributed by atoms with Crippen molar-refractivity contribution in [3.8, 4) is 0 Å². The molecule has 0 amide bonds. The van der Waals surface area contributed by atoms with Crippen molar-refractivity contribution < 1.29 is 0 Å². The third-order valence-electron chi connectivity index (χ3n) is 4.70. The van der Waals surface area contributed by atoms with E-state index in [4.69, 9.17) is 0 Å². The van der Waals surface area contributed by atoms with Crippen molar-refractivity contribution in [3.63, 3.8) is 0 Å². The molecule has 0 aliphatic heterocycles. The summed E-state index contributed by atoms with van der Waals surface area (Å²) in [7, 11) is 0. The fraction of sp³-hybridized carbons (Fsp3) is 0.583. The lowest BCUT2D eigenvalue weighted by Gasteiger charge is -2.09. The Morgan fingerprint density at radius 1 is 0.708 bits per heavy atom. The first kappa shape index (κ1) is 20.7. The maximum atomic E-state index is 2.41. The average Bonchev–Trinajstić information content (AvgIpc) is 2.59. The largest absolute Gasteiger partial charge is 0.0811 e. The molecule has 0 N–H and O–H groups in total. The molecule has 0 saturated heterocycles. The van der Waals surface area contributed by atoms with Gasteiger partial charge in [-0.05, 0) is 42.2 Å².